The van der Waals surface area contributed by atoms with Crippen LogP contribution in [0.4, 0.5) is 0 Å². The van der Waals surface area contributed by atoms with Gasteiger partial charge in [0.1, 0.15) is 11.8 Å². The van der Waals surface area contributed by atoms with Gasteiger partial charge in [-0.3, -0.25) is 9.59 Å². The number of hydrogen-bond donors (Lipinski definition) is 1. The van der Waals surface area contributed by atoms with Crippen LogP contribution in [0.25, 0.3) is 0 Å². The van der Waals surface area contributed by atoms with E-state index < -0.39 is 6.04 Å². The molecule has 31 heavy (non-hydrogen) atoms. The van der Waals surface area contributed by atoms with Crippen molar-refractivity contribution in [3.63, 3.8) is 0 Å². The van der Waals surface area contributed by atoms with Crippen LogP contribution < -0.4 is 10.1 Å². The molecule has 166 valence electrons. The molecule has 2 aromatic rings. The van der Waals surface area contributed by atoms with Gasteiger partial charge in [0.05, 0.1) is 0 Å². The first kappa shape index (κ1) is 22.9. The molecule has 3 rings (SSSR count). The third kappa shape index (κ3) is 6.58. The first-order valence-corrected chi connectivity index (χ1v) is 11.3. The summed E-state index contributed by atoms with van der Waals surface area (Å²) in [5.41, 5.74) is 3.26. The normalized spacial score (nSPS) is 15.2. The highest BCUT2D eigenvalue weighted by molar-refractivity contribution is 5.88. The van der Waals surface area contributed by atoms with Gasteiger partial charge >= 0.3 is 0 Å². The van der Waals surface area contributed by atoms with Gasteiger partial charge in [-0.1, -0.05) is 61.2 Å². The molecule has 1 fully saturated rings. The molecule has 1 aliphatic carbocycles. The molecule has 5 nitrogen and oxygen atoms in total. The van der Waals surface area contributed by atoms with Crippen LogP contribution in [0.15, 0.2) is 48.5 Å². The molecular formula is C26H34N2O3. The lowest BCUT2D eigenvalue weighted by Gasteiger charge is -2.31. The SMILES string of the molecule is Cc1ccc(OCC(=O)N(Cc2ccccc2C)[C@H](C)C(=O)NC2CCCCC2)cc1. The standard InChI is InChI=1S/C26H34N2O3/c1-19-13-15-24(16-14-19)31-18-25(29)28(17-22-10-8-7-9-20(22)2)21(3)26(30)27-23-11-5-4-6-12-23/h7-10,13-16,21,23H,4-6,11-12,17-18H2,1-3H3,(H,27,30)/t21-/m1/s1. The summed E-state index contributed by atoms with van der Waals surface area (Å²) in [6, 6.07) is 15.2. The maximum Gasteiger partial charge on any atom is 0.261 e. The Bertz CT molecular complexity index is 872. The predicted molar refractivity (Wildman–Crippen MR) is 123 cm³/mol. The number of aryl methyl sites for hydroxylation is 2. The molecule has 0 aliphatic heterocycles. The smallest absolute Gasteiger partial charge is 0.261 e. The summed E-state index contributed by atoms with van der Waals surface area (Å²) in [7, 11) is 0. The van der Waals surface area contributed by atoms with Gasteiger partial charge in [-0.05, 0) is 56.9 Å². The van der Waals surface area contributed by atoms with Crippen LogP contribution in [0.5, 0.6) is 5.75 Å². The molecule has 5 heteroatoms. The van der Waals surface area contributed by atoms with Crippen molar-refractivity contribution in [3.05, 3.63) is 65.2 Å². The zero-order valence-electron chi connectivity index (χ0n) is 18.9. The van der Waals surface area contributed by atoms with Crippen molar-refractivity contribution in [3.8, 4) is 5.75 Å². The highest BCUT2D eigenvalue weighted by Gasteiger charge is 2.28. The molecule has 0 saturated heterocycles. The molecule has 0 radical (unpaired) electrons. The van der Waals surface area contributed by atoms with Gasteiger partial charge in [-0.25, -0.2) is 0 Å². The third-order valence-corrected chi connectivity index (χ3v) is 6.10. The third-order valence-electron chi connectivity index (χ3n) is 6.10. The van der Waals surface area contributed by atoms with E-state index in [2.05, 4.69) is 5.32 Å². The number of nitrogens with one attached hydrogen (secondary N) is 1. The first-order chi connectivity index (χ1) is 14.9. The summed E-state index contributed by atoms with van der Waals surface area (Å²) in [6.45, 7) is 6.11. The second kappa shape index (κ2) is 11.0. The van der Waals surface area contributed by atoms with Crippen LogP contribution in [0.1, 0.15) is 55.7 Å². The summed E-state index contributed by atoms with van der Waals surface area (Å²) < 4.78 is 5.73. The van der Waals surface area contributed by atoms with E-state index in [0.29, 0.717) is 12.3 Å². The Kier molecular flexibility index (Phi) is 8.10. The van der Waals surface area contributed by atoms with Crippen molar-refractivity contribution < 1.29 is 14.3 Å². The molecular weight excluding hydrogens is 388 g/mol. The minimum Gasteiger partial charge on any atom is -0.484 e. The highest BCUT2D eigenvalue weighted by Crippen LogP contribution is 2.19. The Hall–Kier alpha value is -2.82. The lowest BCUT2D eigenvalue weighted by molar-refractivity contribution is -0.142. The number of amides is 2. The average Bonchev–Trinajstić information content (AvgIpc) is 2.78. The molecule has 1 atom stereocenters. The minimum atomic E-state index is -0.573. The highest BCUT2D eigenvalue weighted by atomic mass is 16.5. The maximum atomic E-state index is 13.2. The van der Waals surface area contributed by atoms with E-state index in [4.69, 9.17) is 4.74 Å². The largest absolute Gasteiger partial charge is 0.484 e. The zero-order chi connectivity index (χ0) is 22.2. The van der Waals surface area contributed by atoms with Crippen molar-refractivity contribution >= 4 is 11.8 Å². The van der Waals surface area contributed by atoms with Gasteiger partial charge in [-0.15, -0.1) is 0 Å². The summed E-state index contributed by atoms with van der Waals surface area (Å²) in [4.78, 5) is 27.8. The summed E-state index contributed by atoms with van der Waals surface area (Å²) in [6.07, 6.45) is 5.56. The van der Waals surface area contributed by atoms with Crippen LogP contribution in [0, 0.1) is 13.8 Å². The summed E-state index contributed by atoms with van der Waals surface area (Å²) in [5, 5.41) is 3.16. The molecule has 1 N–H and O–H groups in total. The van der Waals surface area contributed by atoms with Crippen molar-refractivity contribution in [1.29, 1.82) is 0 Å². The van der Waals surface area contributed by atoms with E-state index in [1.165, 1.54) is 6.42 Å². The molecule has 0 unspecified atom stereocenters. The Balaban J connectivity index is 1.71. The van der Waals surface area contributed by atoms with Gasteiger partial charge in [0.15, 0.2) is 6.61 Å². The van der Waals surface area contributed by atoms with Gasteiger partial charge in [0, 0.05) is 12.6 Å². The fourth-order valence-electron chi connectivity index (χ4n) is 3.98. The predicted octanol–water partition coefficient (Wildman–Crippen LogP) is 4.55. The van der Waals surface area contributed by atoms with Gasteiger partial charge in [-0.2, -0.15) is 0 Å². The van der Waals surface area contributed by atoms with E-state index >= 15 is 0 Å². The Morgan fingerprint density at radius 1 is 1.03 bits per heavy atom. The molecule has 2 aromatic carbocycles. The fraction of sp³-hybridized carbons (Fsp3) is 0.462. The van der Waals surface area contributed by atoms with Gasteiger partial charge in [0.2, 0.25) is 5.91 Å². The number of ether oxygens (including phenoxy) is 1. The maximum absolute atomic E-state index is 13.2. The van der Waals surface area contributed by atoms with Crippen LogP contribution in [-0.4, -0.2) is 35.4 Å². The molecule has 1 saturated carbocycles. The summed E-state index contributed by atoms with van der Waals surface area (Å²) in [5.74, 6) is 0.355. The fourth-order valence-corrected chi connectivity index (χ4v) is 3.98. The molecule has 1 aliphatic rings. The zero-order valence-corrected chi connectivity index (χ0v) is 18.9. The second-order valence-corrected chi connectivity index (χ2v) is 8.57. The Morgan fingerprint density at radius 3 is 2.39 bits per heavy atom. The van der Waals surface area contributed by atoms with Crippen molar-refractivity contribution in [1.82, 2.24) is 10.2 Å². The van der Waals surface area contributed by atoms with Crippen LogP contribution in [0.2, 0.25) is 0 Å². The van der Waals surface area contributed by atoms with Crippen LogP contribution in [0.3, 0.4) is 0 Å². The Labute approximate surface area is 185 Å². The number of nitrogens with zero attached hydrogens (tertiary/aromatic N) is 1. The topological polar surface area (TPSA) is 58.6 Å². The molecule has 0 aromatic heterocycles. The molecule has 0 heterocycles. The number of benzene rings is 2. The molecule has 0 bridgehead atoms. The lowest BCUT2D eigenvalue weighted by Crippen LogP contribution is -2.51. The number of rotatable bonds is 8. The van der Waals surface area contributed by atoms with Gasteiger partial charge in [0.25, 0.3) is 5.91 Å². The van der Waals surface area contributed by atoms with Crippen LogP contribution >= 0.6 is 0 Å². The molecule has 0 spiro atoms. The van der Waals surface area contributed by atoms with E-state index in [1.807, 2.05) is 62.4 Å². The van der Waals surface area contributed by atoms with Crippen molar-refractivity contribution in [2.75, 3.05) is 6.61 Å². The van der Waals surface area contributed by atoms with Crippen LogP contribution in [-0.2, 0) is 16.1 Å². The van der Waals surface area contributed by atoms with Crippen molar-refractivity contribution in [2.24, 2.45) is 0 Å². The van der Waals surface area contributed by atoms with E-state index in [0.717, 1.165) is 42.4 Å². The Morgan fingerprint density at radius 2 is 1.71 bits per heavy atom. The van der Waals surface area contributed by atoms with Gasteiger partial charge < -0.3 is 15.0 Å². The first-order valence-electron chi connectivity index (χ1n) is 11.3. The second-order valence-electron chi connectivity index (χ2n) is 8.57. The van der Waals surface area contributed by atoms with Crippen molar-refractivity contribution in [2.45, 2.75) is 71.5 Å². The van der Waals surface area contributed by atoms with E-state index in [-0.39, 0.29) is 24.5 Å². The summed E-state index contributed by atoms with van der Waals surface area (Å²) >= 11 is 0. The minimum absolute atomic E-state index is 0.0934. The monoisotopic (exact) mass is 422 g/mol. The quantitative estimate of drug-likeness (QED) is 0.679. The van der Waals surface area contributed by atoms with E-state index in [9.17, 15) is 9.59 Å². The van der Waals surface area contributed by atoms with E-state index in [1.54, 1.807) is 11.8 Å². The average molecular weight is 423 g/mol. The lowest BCUT2D eigenvalue weighted by atomic mass is 9.95. The number of carbonyl (C=O) groups excluding carboxylic acids is 2. The number of hydrogen-bond acceptors (Lipinski definition) is 3. The number of carbonyl (C=O) groups is 2. The molecule has 2 amide bonds.